The van der Waals surface area contributed by atoms with E-state index in [0.717, 1.165) is 16.7 Å². The number of nitrogens with zero attached hydrogens (tertiary/aromatic N) is 4. The fourth-order valence-corrected chi connectivity index (χ4v) is 1.56. The lowest BCUT2D eigenvalue weighted by Gasteiger charge is -2.03. The van der Waals surface area contributed by atoms with Crippen LogP contribution in [0, 0.1) is 0 Å². The van der Waals surface area contributed by atoms with Crippen molar-refractivity contribution in [3.8, 4) is 5.69 Å². The zero-order valence-corrected chi connectivity index (χ0v) is 8.41. The highest BCUT2D eigenvalue weighted by Gasteiger charge is 2.01. The smallest absolute Gasteiger partial charge is 0.124 e. The lowest BCUT2D eigenvalue weighted by atomic mass is 10.3. The number of hydrogen-bond donors (Lipinski definition) is 1. The van der Waals surface area contributed by atoms with Gasteiger partial charge in [-0.1, -0.05) is 0 Å². The molecule has 5 nitrogen and oxygen atoms in total. The summed E-state index contributed by atoms with van der Waals surface area (Å²) >= 11 is 0. The predicted molar refractivity (Wildman–Crippen MR) is 61.1 cm³/mol. The first kappa shape index (κ1) is 8.84. The van der Waals surface area contributed by atoms with Crippen LogP contribution in [0.2, 0.25) is 0 Å². The third-order valence-corrected chi connectivity index (χ3v) is 2.35. The third kappa shape index (κ3) is 1.38. The van der Waals surface area contributed by atoms with E-state index < -0.39 is 0 Å². The number of fused-ring (bicyclic) bond motifs is 1. The maximum atomic E-state index is 5.63. The normalized spacial score (nSPS) is 10.8. The molecule has 3 aromatic heterocycles. The summed E-state index contributed by atoms with van der Waals surface area (Å²) in [5.41, 5.74) is 8.17. The lowest BCUT2D eigenvalue weighted by Crippen LogP contribution is -1.95. The van der Waals surface area contributed by atoms with Crippen molar-refractivity contribution in [1.82, 2.24) is 19.5 Å². The maximum absolute atomic E-state index is 5.63. The highest BCUT2D eigenvalue weighted by molar-refractivity contribution is 5.77. The molecule has 0 amide bonds. The number of rotatable bonds is 1. The van der Waals surface area contributed by atoms with Crippen LogP contribution in [0.25, 0.3) is 16.7 Å². The van der Waals surface area contributed by atoms with Gasteiger partial charge in [-0.15, -0.1) is 0 Å². The fraction of sp³-hybridized carbons (Fsp3) is 0. The molecule has 78 valence electrons. The molecule has 3 heterocycles. The van der Waals surface area contributed by atoms with Crippen LogP contribution < -0.4 is 5.73 Å². The second-order valence-electron chi connectivity index (χ2n) is 3.44. The molecule has 0 saturated carbocycles. The van der Waals surface area contributed by atoms with Gasteiger partial charge in [-0.2, -0.15) is 0 Å². The molecule has 2 N–H and O–H groups in total. The number of aromatic nitrogens is 4. The second kappa shape index (κ2) is 3.30. The Hall–Kier alpha value is -2.43. The molecule has 0 aliphatic heterocycles. The minimum absolute atomic E-state index is 0.497. The van der Waals surface area contributed by atoms with Gasteiger partial charge < -0.3 is 10.3 Å². The van der Waals surface area contributed by atoms with Crippen LogP contribution in [-0.4, -0.2) is 19.5 Å². The molecule has 0 radical (unpaired) electrons. The van der Waals surface area contributed by atoms with Crippen molar-refractivity contribution in [1.29, 1.82) is 0 Å². The Labute approximate surface area is 91.6 Å². The summed E-state index contributed by atoms with van der Waals surface area (Å²) in [7, 11) is 0. The van der Waals surface area contributed by atoms with E-state index in [1.807, 2.05) is 22.9 Å². The average molecular weight is 211 g/mol. The molecule has 3 rings (SSSR count). The van der Waals surface area contributed by atoms with Crippen molar-refractivity contribution in [2.45, 2.75) is 0 Å². The molecular weight excluding hydrogens is 202 g/mol. The number of imidazole rings is 1. The summed E-state index contributed by atoms with van der Waals surface area (Å²) in [4.78, 5) is 12.5. The quantitative estimate of drug-likeness (QED) is 0.660. The highest BCUT2D eigenvalue weighted by Crippen LogP contribution is 2.15. The van der Waals surface area contributed by atoms with Crippen molar-refractivity contribution < 1.29 is 0 Å². The van der Waals surface area contributed by atoms with E-state index in [1.54, 1.807) is 24.8 Å². The Bertz CT molecular complexity index is 630. The largest absolute Gasteiger partial charge is 0.384 e. The molecule has 5 heteroatoms. The van der Waals surface area contributed by atoms with E-state index in [1.165, 1.54) is 0 Å². The summed E-state index contributed by atoms with van der Waals surface area (Å²) in [6.45, 7) is 0. The first-order chi connectivity index (χ1) is 7.83. The summed E-state index contributed by atoms with van der Waals surface area (Å²) in [5.74, 6) is 0.497. The molecule has 0 aromatic carbocycles. The number of nitrogens with two attached hydrogens (primary N) is 1. The number of nitrogen functional groups attached to an aromatic ring is 1. The molecule has 0 aliphatic rings. The van der Waals surface area contributed by atoms with Crippen LogP contribution in [0.1, 0.15) is 0 Å². The molecule has 16 heavy (non-hydrogen) atoms. The molecule has 0 atom stereocenters. The van der Waals surface area contributed by atoms with E-state index in [-0.39, 0.29) is 0 Å². The first-order valence-electron chi connectivity index (χ1n) is 4.83. The van der Waals surface area contributed by atoms with Gasteiger partial charge in [0.15, 0.2) is 0 Å². The standard InChI is InChI=1S/C11H9N5/c12-11-2-1-9-10(15-11)5-8(6-14-9)16-4-3-13-7-16/h1-7H,(H2,12,15). The molecule has 0 saturated heterocycles. The lowest BCUT2D eigenvalue weighted by molar-refractivity contribution is 1.05. The monoisotopic (exact) mass is 211 g/mol. The van der Waals surface area contributed by atoms with Gasteiger partial charge in [0.2, 0.25) is 0 Å². The van der Waals surface area contributed by atoms with Crippen LogP contribution in [0.15, 0.2) is 43.1 Å². The van der Waals surface area contributed by atoms with E-state index in [9.17, 15) is 0 Å². The first-order valence-corrected chi connectivity index (χ1v) is 4.83. The van der Waals surface area contributed by atoms with Crippen LogP contribution in [0.4, 0.5) is 5.82 Å². The van der Waals surface area contributed by atoms with Gasteiger partial charge >= 0.3 is 0 Å². The second-order valence-corrected chi connectivity index (χ2v) is 3.44. The van der Waals surface area contributed by atoms with Crippen molar-refractivity contribution >= 4 is 16.9 Å². The summed E-state index contributed by atoms with van der Waals surface area (Å²) in [6, 6.07) is 5.53. The van der Waals surface area contributed by atoms with E-state index in [0.29, 0.717) is 5.82 Å². The van der Waals surface area contributed by atoms with Gasteiger partial charge in [-0.3, -0.25) is 4.98 Å². The van der Waals surface area contributed by atoms with Gasteiger partial charge in [0.05, 0.1) is 29.2 Å². The third-order valence-electron chi connectivity index (χ3n) is 2.35. The fourth-order valence-electron chi connectivity index (χ4n) is 1.56. The minimum Gasteiger partial charge on any atom is -0.384 e. The SMILES string of the molecule is Nc1ccc2ncc(-n3ccnc3)cc2n1. The summed E-state index contributed by atoms with van der Waals surface area (Å²) < 4.78 is 1.87. The number of anilines is 1. The predicted octanol–water partition coefficient (Wildman–Crippen LogP) is 1.40. The Morgan fingerprint density at radius 1 is 1.19 bits per heavy atom. The Kier molecular flexibility index (Phi) is 1.83. The summed E-state index contributed by atoms with van der Waals surface area (Å²) in [6.07, 6.45) is 7.07. The van der Waals surface area contributed by atoms with Crippen LogP contribution in [0.3, 0.4) is 0 Å². The zero-order chi connectivity index (χ0) is 11.0. The molecule has 0 fully saturated rings. The van der Waals surface area contributed by atoms with E-state index >= 15 is 0 Å². The Morgan fingerprint density at radius 2 is 2.12 bits per heavy atom. The Morgan fingerprint density at radius 3 is 2.94 bits per heavy atom. The molecule has 3 aromatic rings. The van der Waals surface area contributed by atoms with Crippen molar-refractivity contribution in [3.63, 3.8) is 0 Å². The van der Waals surface area contributed by atoms with Gasteiger partial charge in [0.25, 0.3) is 0 Å². The molecule has 0 bridgehead atoms. The zero-order valence-electron chi connectivity index (χ0n) is 8.41. The van der Waals surface area contributed by atoms with Crippen LogP contribution in [0.5, 0.6) is 0 Å². The van der Waals surface area contributed by atoms with Gasteiger partial charge in [-0.25, -0.2) is 9.97 Å². The minimum atomic E-state index is 0.497. The van der Waals surface area contributed by atoms with Crippen LogP contribution in [-0.2, 0) is 0 Å². The van der Waals surface area contributed by atoms with Gasteiger partial charge in [0, 0.05) is 12.4 Å². The molecule has 0 aliphatic carbocycles. The average Bonchev–Trinajstić information content (AvgIpc) is 2.81. The van der Waals surface area contributed by atoms with Gasteiger partial charge in [-0.05, 0) is 18.2 Å². The summed E-state index contributed by atoms with van der Waals surface area (Å²) in [5, 5.41) is 0. The number of hydrogen-bond acceptors (Lipinski definition) is 4. The molecular formula is C11H9N5. The maximum Gasteiger partial charge on any atom is 0.124 e. The highest BCUT2D eigenvalue weighted by atomic mass is 15.0. The van der Waals surface area contributed by atoms with Crippen molar-refractivity contribution in [2.75, 3.05) is 5.73 Å². The number of pyridine rings is 2. The molecule has 0 spiro atoms. The topological polar surface area (TPSA) is 69.6 Å². The Balaban J connectivity index is 2.22. The van der Waals surface area contributed by atoms with Crippen molar-refractivity contribution in [2.24, 2.45) is 0 Å². The molecule has 0 unspecified atom stereocenters. The van der Waals surface area contributed by atoms with E-state index in [4.69, 9.17) is 5.73 Å². The van der Waals surface area contributed by atoms with Crippen LogP contribution >= 0.6 is 0 Å². The van der Waals surface area contributed by atoms with Crippen molar-refractivity contribution in [3.05, 3.63) is 43.1 Å². The van der Waals surface area contributed by atoms with Gasteiger partial charge in [0.1, 0.15) is 5.82 Å². The van der Waals surface area contributed by atoms with E-state index in [2.05, 4.69) is 15.0 Å².